The minimum atomic E-state index is -0.314. The summed E-state index contributed by atoms with van der Waals surface area (Å²) in [4.78, 5) is 4.75. The third-order valence-corrected chi connectivity index (χ3v) is 7.46. The Kier molecular flexibility index (Phi) is 5.43. The molecule has 0 amide bonds. The van der Waals surface area contributed by atoms with Gasteiger partial charge in [-0.15, -0.1) is 5.10 Å². The van der Waals surface area contributed by atoms with Gasteiger partial charge in [-0.05, 0) is 54.6 Å². The van der Waals surface area contributed by atoms with Crippen molar-refractivity contribution in [2.45, 2.75) is 24.2 Å². The number of rotatable bonds is 3. The van der Waals surface area contributed by atoms with Crippen LogP contribution in [0.25, 0.3) is 5.70 Å². The molecule has 0 spiro atoms. The van der Waals surface area contributed by atoms with Crippen molar-refractivity contribution in [3.05, 3.63) is 104 Å². The molecule has 1 aromatic heterocycles. The largest absolute Gasteiger partial charge is 0.480 e. The van der Waals surface area contributed by atoms with E-state index < -0.39 is 0 Å². The van der Waals surface area contributed by atoms with Crippen molar-refractivity contribution in [3.8, 4) is 5.75 Å². The second-order valence-corrected chi connectivity index (χ2v) is 10.5. The molecular weight excluding hydrogens is 532 g/mol. The maximum atomic E-state index is 6.67. The van der Waals surface area contributed by atoms with E-state index in [0.717, 1.165) is 38.2 Å². The number of halogens is 2. The summed E-state index contributed by atoms with van der Waals surface area (Å²) in [5.74, 6) is 1.49. The van der Waals surface area contributed by atoms with Crippen LogP contribution < -0.4 is 10.1 Å². The lowest BCUT2D eigenvalue weighted by atomic mass is 9.84. The molecule has 5 nitrogen and oxygen atoms in total. The summed E-state index contributed by atoms with van der Waals surface area (Å²) < 4.78 is 9.66. The summed E-state index contributed by atoms with van der Waals surface area (Å²) in [7, 11) is 0. The lowest BCUT2D eigenvalue weighted by Crippen LogP contribution is -2.32. The van der Waals surface area contributed by atoms with E-state index in [2.05, 4.69) is 64.6 Å². The van der Waals surface area contributed by atoms with E-state index in [1.165, 1.54) is 17.3 Å². The van der Waals surface area contributed by atoms with Gasteiger partial charge < -0.3 is 10.1 Å². The number of hydrogen-bond donors (Lipinski definition) is 1. The molecule has 8 heteroatoms. The van der Waals surface area contributed by atoms with Crippen LogP contribution in [-0.2, 0) is 0 Å². The average Bonchev–Trinajstić information content (AvgIpc) is 3.27. The van der Waals surface area contributed by atoms with Gasteiger partial charge in [0.05, 0.1) is 5.70 Å². The van der Waals surface area contributed by atoms with Gasteiger partial charge in [-0.25, -0.2) is 4.68 Å². The zero-order valence-electron chi connectivity index (χ0n) is 18.4. The highest BCUT2D eigenvalue weighted by Crippen LogP contribution is 2.51. The Balaban J connectivity index is 1.63. The first-order valence-corrected chi connectivity index (χ1v) is 13.2. The van der Waals surface area contributed by atoms with Gasteiger partial charge in [-0.1, -0.05) is 81.3 Å². The van der Waals surface area contributed by atoms with Crippen molar-refractivity contribution in [1.82, 2.24) is 14.8 Å². The Morgan fingerprint density at radius 1 is 1.03 bits per heavy atom. The quantitative estimate of drug-likeness (QED) is 0.271. The van der Waals surface area contributed by atoms with Crippen LogP contribution in [0, 0.1) is 6.92 Å². The number of fused-ring (bicyclic) bond motifs is 3. The maximum Gasteiger partial charge on any atom is 0.227 e. The van der Waals surface area contributed by atoms with E-state index in [0.29, 0.717) is 16.1 Å². The Hall–Kier alpha value is -2.74. The second-order valence-electron chi connectivity index (χ2n) is 8.33. The van der Waals surface area contributed by atoms with Crippen molar-refractivity contribution >= 4 is 50.9 Å². The van der Waals surface area contributed by atoms with Crippen LogP contribution in [0.15, 0.2) is 81.9 Å². The molecule has 0 aliphatic carbocycles. The standard InChI is InChI=1S/C26H20BrClN4OS/c1-14-3-5-15(6-4-14)23-21-22(29-25-30-26(34-2)31-32(23)25)19-13-18(28)11-12-20(19)33-24(21)16-7-9-17(27)10-8-16/h3-13,23-24H,1-2H3,(H,29,30,31)/t23-,24+/m0/s1. The van der Waals surface area contributed by atoms with Gasteiger partial charge in [-0.2, -0.15) is 4.98 Å². The van der Waals surface area contributed by atoms with Crippen molar-refractivity contribution in [1.29, 1.82) is 0 Å². The molecule has 170 valence electrons. The molecule has 0 bridgehead atoms. The molecule has 1 N–H and O–H groups in total. The summed E-state index contributed by atoms with van der Waals surface area (Å²) in [6.45, 7) is 2.09. The van der Waals surface area contributed by atoms with Crippen molar-refractivity contribution in [2.24, 2.45) is 0 Å². The van der Waals surface area contributed by atoms with Gasteiger partial charge >= 0.3 is 0 Å². The average molecular weight is 552 g/mol. The van der Waals surface area contributed by atoms with E-state index in [4.69, 9.17) is 26.4 Å². The lowest BCUT2D eigenvalue weighted by molar-refractivity contribution is 0.223. The minimum absolute atomic E-state index is 0.193. The molecule has 6 rings (SSSR count). The fourth-order valence-electron chi connectivity index (χ4n) is 4.55. The zero-order chi connectivity index (χ0) is 23.4. The fraction of sp³-hybridized carbons (Fsp3) is 0.154. The molecule has 34 heavy (non-hydrogen) atoms. The van der Waals surface area contributed by atoms with E-state index in [1.54, 1.807) is 0 Å². The van der Waals surface area contributed by atoms with Gasteiger partial charge in [0.1, 0.15) is 17.9 Å². The number of benzene rings is 3. The lowest BCUT2D eigenvalue weighted by Gasteiger charge is -2.39. The van der Waals surface area contributed by atoms with Crippen LogP contribution >= 0.6 is 39.3 Å². The Labute approximate surface area is 215 Å². The summed E-state index contributed by atoms with van der Waals surface area (Å²) in [5.41, 5.74) is 6.35. The van der Waals surface area contributed by atoms with E-state index in [-0.39, 0.29) is 12.1 Å². The van der Waals surface area contributed by atoms with Crippen LogP contribution in [0.1, 0.15) is 34.4 Å². The molecule has 3 aromatic carbocycles. The normalized spacial score (nSPS) is 18.5. The molecule has 0 saturated heterocycles. The summed E-state index contributed by atoms with van der Waals surface area (Å²) in [6.07, 6.45) is 1.67. The fourth-order valence-corrected chi connectivity index (χ4v) is 5.33. The number of hydrogen-bond acceptors (Lipinski definition) is 5. The smallest absolute Gasteiger partial charge is 0.227 e. The molecule has 0 radical (unpaired) electrons. The van der Waals surface area contributed by atoms with Gasteiger partial charge in [0.15, 0.2) is 0 Å². The maximum absolute atomic E-state index is 6.67. The van der Waals surface area contributed by atoms with Gasteiger partial charge in [-0.3, -0.25) is 0 Å². The first kappa shape index (κ1) is 21.8. The number of aromatic nitrogens is 3. The summed E-state index contributed by atoms with van der Waals surface area (Å²) >= 11 is 11.5. The highest BCUT2D eigenvalue weighted by molar-refractivity contribution is 9.10. The third-order valence-electron chi connectivity index (χ3n) is 6.16. The summed E-state index contributed by atoms with van der Waals surface area (Å²) in [5, 5.41) is 9.78. The highest BCUT2D eigenvalue weighted by atomic mass is 79.9. The van der Waals surface area contributed by atoms with E-state index in [9.17, 15) is 0 Å². The Morgan fingerprint density at radius 2 is 1.76 bits per heavy atom. The van der Waals surface area contributed by atoms with Crippen LogP contribution in [0.4, 0.5) is 5.95 Å². The molecule has 3 heterocycles. The van der Waals surface area contributed by atoms with Crippen molar-refractivity contribution in [2.75, 3.05) is 11.6 Å². The molecule has 2 atom stereocenters. The van der Waals surface area contributed by atoms with Gasteiger partial charge in [0.2, 0.25) is 11.1 Å². The summed E-state index contributed by atoms with van der Waals surface area (Å²) in [6, 6.07) is 22.4. The number of ether oxygens (including phenoxy) is 1. The molecular formula is C26H20BrClN4OS. The third kappa shape index (κ3) is 3.63. The number of anilines is 1. The predicted molar refractivity (Wildman–Crippen MR) is 141 cm³/mol. The van der Waals surface area contributed by atoms with E-state index in [1.807, 2.05) is 41.3 Å². The van der Waals surface area contributed by atoms with Crippen LogP contribution in [0.3, 0.4) is 0 Å². The molecule has 2 aliphatic heterocycles. The Bertz CT molecular complexity index is 1430. The van der Waals surface area contributed by atoms with E-state index >= 15 is 0 Å². The van der Waals surface area contributed by atoms with Gasteiger partial charge in [0.25, 0.3) is 0 Å². The zero-order valence-corrected chi connectivity index (χ0v) is 21.6. The number of nitrogens with one attached hydrogen (secondary N) is 1. The SMILES string of the molecule is CSc1nc2n(n1)[C@@H](c1ccc(C)cc1)C1=C(N2)c2cc(Cl)ccc2O[C@@H]1c1ccc(Br)cc1. The molecule has 0 fully saturated rings. The second kappa shape index (κ2) is 8.48. The molecule has 0 unspecified atom stereocenters. The molecule has 4 aromatic rings. The predicted octanol–water partition coefficient (Wildman–Crippen LogP) is 7.28. The van der Waals surface area contributed by atoms with Crippen molar-refractivity contribution < 1.29 is 4.74 Å². The van der Waals surface area contributed by atoms with Crippen LogP contribution in [0.5, 0.6) is 5.75 Å². The molecule has 0 saturated carbocycles. The minimum Gasteiger partial charge on any atom is -0.480 e. The van der Waals surface area contributed by atoms with Gasteiger partial charge in [0, 0.05) is 20.6 Å². The Morgan fingerprint density at radius 3 is 2.50 bits per heavy atom. The first-order chi connectivity index (χ1) is 16.5. The van der Waals surface area contributed by atoms with Crippen LogP contribution in [0.2, 0.25) is 5.02 Å². The molecule has 2 aliphatic rings. The van der Waals surface area contributed by atoms with Crippen molar-refractivity contribution in [3.63, 3.8) is 0 Å². The monoisotopic (exact) mass is 550 g/mol. The first-order valence-electron chi connectivity index (χ1n) is 10.8. The number of aryl methyl sites for hydroxylation is 1. The number of nitrogens with zero attached hydrogens (tertiary/aromatic N) is 3. The highest BCUT2D eigenvalue weighted by Gasteiger charge is 2.41. The topological polar surface area (TPSA) is 52.0 Å². The number of thioether (sulfide) groups is 1. The van der Waals surface area contributed by atoms with Crippen LogP contribution in [-0.4, -0.2) is 21.0 Å².